The molecule has 2 heterocycles. The van der Waals surface area contributed by atoms with Crippen LogP contribution in [-0.2, 0) is 0 Å². The highest BCUT2D eigenvalue weighted by Crippen LogP contribution is 2.40. The molecule has 0 spiro atoms. The average molecular weight is 298 g/mol. The molecule has 0 saturated carbocycles. The summed E-state index contributed by atoms with van der Waals surface area (Å²) in [7, 11) is 0. The molecule has 2 atom stereocenters. The van der Waals surface area contributed by atoms with Crippen molar-refractivity contribution in [3.63, 3.8) is 0 Å². The van der Waals surface area contributed by atoms with Crippen LogP contribution < -0.4 is 4.90 Å². The zero-order valence-corrected chi connectivity index (χ0v) is 11.9. The van der Waals surface area contributed by atoms with E-state index in [9.17, 15) is 5.11 Å². The number of halogens is 1. The molecule has 1 aliphatic heterocycles. The third-order valence-corrected chi connectivity index (χ3v) is 4.01. The smallest absolute Gasteiger partial charge is 0.161 e. The fraction of sp³-hybridized carbons (Fsp3) is 0.312. The number of nitrogens with zero attached hydrogens (tertiary/aromatic N) is 4. The van der Waals surface area contributed by atoms with Crippen LogP contribution in [0, 0.1) is 11.3 Å². The van der Waals surface area contributed by atoms with Gasteiger partial charge in [0.2, 0.25) is 0 Å². The van der Waals surface area contributed by atoms with E-state index >= 15 is 4.39 Å². The van der Waals surface area contributed by atoms with E-state index in [0.29, 0.717) is 12.4 Å². The third-order valence-electron chi connectivity index (χ3n) is 4.01. The molecule has 2 aromatic rings. The zero-order chi connectivity index (χ0) is 15.6. The molecule has 2 unspecified atom stereocenters. The molecule has 1 saturated heterocycles. The first-order valence-electron chi connectivity index (χ1n) is 6.98. The van der Waals surface area contributed by atoms with E-state index in [4.69, 9.17) is 5.26 Å². The minimum atomic E-state index is -1.74. The summed E-state index contributed by atoms with van der Waals surface area (Å²) >= 11 is 0. The summed E-state index contributed by atoms with van der Waals surface area (Å²) in [6.45, 7) is -0.161. The molecule has 0 bridgehead atoms. The van der Waals surface area contributed by atoms with Gasteiger partial charge in [0.25, 0.3) is 0 Å². The van der Waals surface area contributed by atoms with Crippen molar-refractivity contribution in [2.45, 2.75) is 11.6 Å². The van der Waals surface area contributed by atoms with Crippen LogP contribution in [0.15, 0.2) is 42.7 Å². The fourth-order valence-electron chi connectivity index (χ4n) is 2.86. The summed E-state index contributed by atoms with van der Waals surface area (Å²) in [5.74, 6) is -0.000743. The van der Waals surface area contributed by atoms with Gasteiger partial charge in [0.05, 0.1) is 25.5 Å². The Kier molecular flexibility index (Phi) is 3.73. The van der Waals surface area contributed by atoms with Gasteiger partial charge in [-0.2, -0.15) is 5.26 Å². The minimum Gasteiger partial charge on any atom is -0.393 e. The molecule has 0 amide bonds. The Bertz CT molecular complexity index is 703. The van der Waals surface area contributed by atoms with Gasteiger partial charge in [-0.3, -0.25) is 4.98 Å². The molecule has 0 radical (unpaired) electrons. The Balaban J connectivity index is 1.93. The SMILES string of the molecule is N#Cc1cncc(N2CC(c3ccccc3)C(F)(CO)C2)n1. The number of hydrogen-bond acceptors (Lipinski definition) is 5. The maximum Gasteiger partial charge on any atom is 0.161 e. The summed E-state index contributed by atoms with van der Waals surface area (Å²) < 4.78 is 15.1. The van der Waals surface area contributed by atoms with Crippen molar-refractivity contribution < 1.29 is 9.50 Å². The van der Waals surface area contributed by atoms with Crippen LogP contribution in [0.2, 0.25) is 0 Å². The second kappa shape index (κ2) is 5.70. The van der Waals surface area contributed by atoms with Crippen molar-refractivity contribution in [1.82, 2.24) is 9.97 Å². The van der Waals surface area contributed by atoms with E-state index in [0.717, 1.165) is 5.56 Å². The van der Waals surface area contributed by atoms with E-state index in [2.05, 4.69) is 9.97 Å². The van der Waals surface area contributed by atoms with E-state index < -0.39 is 18.2 Å². The lowest BCUT2D eigenvalue weighted by atomic mass is 9.87. The Labute approximate surface area is 127 Å². The van der Waals surface area contributed by atoms with Gasteiger partial charge in [-0.05, 0) is 5.56 Å². The van der Waals surface area contributed by atoms with Crippen molar-refractivity contribution in [3.8, 4) is 6.07 Å². The number of aliphatic hydroxyl groups excluding tert-OH is 1. The summed E-state index contributed by atoms with van der Waals surface area (Å²) in [4.78, 5) is 9.84. The molecular weight excluding hydrogens is 283 g/mol. The van der Waals surface area contributed by atoms with E-state index in [1.807, 2.05) is 36.4 Å². The van der Waals surface area contributed by atoms with Crippen LogP contribution in [0.1, 0.15) is 17.2 Å². The molecule has 0 aliphatic carbocycles. The molecule has 5 nitrogen and oxygen atoms in total. The summed E-state index contributed by atoms with van der Waals surface area (Å²) in [6.07, 6.45) is 2.87. The molecule has 1 N–H and O–H groups in total. The monoisotopic (exact) mass is 298 g/mol. The highest BCUT2D eigenvalue weighted by Gasteiger charge is 2.48. The second-order valence-electron chi connectivity index (χ2n) is 5.41. The quantitative estimate of drug-likeness (QED) is 0.933. The topological polar surface area (TPSA) is 73.0 Å². The van der Waals surface area contributed by atoms with Crippen LogP contribution in [0.3, 0.4) is 0 Å². The number of aliphatic hydroxyl groups is 1. The Hall–Kier alpha value is -2.52. The number of rotatable bonds is 3. The second-order valence-corrected chi connectivity index (χ2v) is 5.41. The normalized spacial score (nSPS) is 24.2. The van der Waals surface area contributed by atoms with Gasteiger partial charge in [0.1, 0.15) is 11.9 Å². The molecule has 22 heavy (non-hydrogen) atoms. The number of nitriles is 1. The maximum absolute atomic E-state index is 15.1. The molecule has 1 fully saturated rings. The minimum absolute atomic E-state index is 0.0205. The number of anilines is 1. The zero-order valence-electron chi connectivity index (χ0n) is 11.9. The van der Waals surface area contributed by atoms with Gasteiger partial charge in [-0.25, -0.2) is 9.37 Å². The van der Waals surface area contributed by atoms with Crippen LogP contribution in [0.5, 0.6) is 0 Å². The summed E-state index contributed by atoms with van der Waals surface area (Å²) in [5.41, 5.74) is -0.717. The van der Waals surface area contributed by atoms with Gasteiger partial charge in [0.15, 0.2) is 11.4 Å². The van der Waals surface area contributed by atoms with Crippen molar-refractivity contribution in [1.29, 1.82) is 5.26 Å². The van der Waals surface area contributed by atoms with Gasteiger partial charge >= 0.3 is 0 Å². The van der Waals surface area contributed by atoms with Crippen molar-refractivity contribution in [2.24, 2.45) is 0 Å². The van der Waals surface area contributed by atoms with Gasteiger partial charge in [-0.15, -0.1) is 0 Å². The largest absolute Gasteiger partial charge is 0.393 e. The lowest BCUT2D eigenvalue weighted by Gasteiger charge is -2.23. The first-order chi connectivity index (χ1) is 10.7. The number of hydrogen-bond donors (Lipinski definition) is 1. The average Bonchev–Trinajstić information content (AvgIpc) is 2.94. The first-order valence-corrected chi connectivity index (χ1v) is 6.98. The maximum atomic E-state index is 15.1. The Morgan fingerprint density at radius 1 is 1.36 bits per heavy atom. The van der Waals surface area contributed by atoms with Crippen LogP contribution in [-0.4, -0.2) is 40.4 Å². The predicted molar refractivity (Wildman–Crippen MR) is 79.1 cm³/mol. The highest BCUT2D eigenvalue weighted by atomic mass is 19.1. The molecule has 112 valence electrons. The van der Waals surface area contributed by atoms with Crippen molar-refractivity contribution in [3.05, 3.63) is 54.0 Å². The van der Waals surface area contributed by atoms with E-state index in [1.54, 1.807) is 4.90 Å². The lowest BCUT2D eigenvalue weighted by Crippen LogP contribution is -2.36. The van der Waals surface area contributed by atoms with Crippen molar-refractivity contribution in [2.75, 3.05) is 24.6 Å². The number of alkyl halides is 1. The van der Waals surface area contributed by atoms with E-state index in [1.165, 1.54) is 12.4 Å². The van der Waals surface area contributed by atoms with Crippen LogP contribution in [0.25, 0.3) is 0 Å². The first kappa shape index (κ1) is 14.4. The Morgan fingerprint density at radius 2 is 2.14 bits per heavy atom. The van der Waals surface area contributed by atoms with Crippen LogP contribution >= 0.6 is 0 Å². The number of aromatic nitrogens is 2. The molecule has 3 rings (SSSR count). The standard InChI is InChI=1S/C16H15FN4O/c17-16(11-22)10-21(15-8-19-7-13(6-18)20-15)9-14(16)12-4-2-1-3-5-12/h1-5,7-8,14,22H,9-11H2. The predicted octanol–water partition coefficient (Wildman–Crippen LogP) is 1.65. The summed E-state index contributed by atoms with van der Waals surface area (Å²) in [5, 5.41) is 18.4. The molecule has 1 aromatic carbocycles. The molecular formula is C16H15FN4O. The fourth-order valence-corrected chi connectivity index (χ4v) is 2.86. The third kappa shape index (κ3) is 2.51. The summed E-state index contributed by atoms with van der Waals surface area (Å²) in [6, 6.07) is 11.2. The Morgan fingerprint density at radius 3 is 2.82 bits per heavy atom. The van der Waals surface area contributed by atoms with Crippen LogP contribution in [0.4, 0.5) is 10.2 Å². The highest BCUT2D eigenvalue weighted by molar-refractivity contribution is 5.44. The molecule has 1 aliphatic rings. The van der Waals surface area contributed by atoms with Gasteiger partial charge < -0.3 is 10.0 Å². The van der Waals surface area contributed by atoms with Gasteiger partial charge in [0, 0.05) is 12.5 Å². The van der Waals surface area contributed by atoms with E-state index in [-0.39, 0.29) is 12.2 Å². The van der Waals surface area contributed by atoms with Gasteiger partial charge in [-0.1, -0.05) is 30.3 Å². The van der Waals surface area contributed by atoms with Crippen molar-refractivity contribution >= 4 is 5.82 Å². The number of benzene rings is 1. The molecule has 6 heteroatoms. The lowest BCUT2D eigenvalue weighted by molar-refractivity contribution is 0.0751. The molecule has 1 aromatic heterocycles.